The van der Waals surface area contributed by atoms with E-state index in [0.717, 1.165) is 6.42 Å². The van der Waals surface area contributed by atoms with E-state index >= 15 is 0 Å². The zero-order valence-electron chi connectivity index (χ0n) is 6.91. The lowest BCUT2D eigenvalue weighted by Crippen LogP contribution is -2.10. The molecule has 0 unspecified atom stereocenters. The topological polar surface area (TPSA) is 54.6 Å². The molecule has 0 saturated heterocycles. The van der Waals surface area contributed by atoms with Gasteiger partial charge in [0, 0.05) is 13.7 Å². The van der Waals surface area contributed by atoms with Crippen molar-refractivity contribution >= 4 is 5.71 Å². The van der Waals surface area contributed by atoms with E-state index < -0.39 is 0 Å². The van der Waals surface area contributed by atoms with Crippen LogP contribution in [0.2, 0.25) is 0 Å². The van der Waals surface area contributed by atoms with Crippen LogP contribution in [0.3, 0.4) is 0 Å². The number of hydrogen-bond acceptors (Lipinski definition) is 4. The minimum Gasteiger partial charge on any atom is -0.465 e. The molecule has 0 amide bonds. The van der Waals surface area contributed by atoms with Crippen molar-refractivity contribution in [2.75, 3.05) is 20.4 Å². The molecule has 0 spiro atoms. The zero-order valence-corrected chi connectivity index (χ0v) is 6.91. The molecule has 0 aromatic rings. The first-order valence-corrected chi connectivity index (χ1v) is 3.65. The van der Waals surface area contributed by atoms with Crippen molar-refractivity contribution in [1.82, 2.24) is 0 Å². The van der Waals surface area contributed by atoms with Crippen LogP contribution in [-0.4, -0.2) is 26.2 Å². The average Bonchev–Trinajstić information content (AvgIpc) is 2.15. The predicted molar refractivity (Wildman–Crippen MR) is 43.6 cm³/mol. The highest BCUT2D eigenvalue weighted by Crippen LogP contribution is 2.08. The molecule has 0 radical (unpaired) electrons. The first-order chi connectivity index (χ1) is 5.88. The standard InChI is InChI=1S/C8H10N2O2/c1-11-6-12-8-3-2-4-10-7(8)5-9/h3H,2,4,6H2,1H3. The summed E-state index contributed by atoms with van der Waals surface area (Å²) < 4.78 is 9.83. The summed E-state index contributed by atoms with van der Waals surface area (Å²) in [5, 5.41) is 8.62. The highest BCUT2D eigenvalue weighted by molar-refractivity contribution is 6.10. The summed E-state index contributed by atoms with van der Waals surface area (Å²) in [5.74, 6) is 0.533. The van der Waals surface area contributed by atoms with Gasteiger partial charge >= 0.3 is 0 Å². The quantitative estimate of drug-likeness (QED) is 0.584. The van der Waals surface area contributed by atoms with Gasteiger partial charge in [0.25, 0.3) is 0 Å². The number of nitrogens with zero attached hydrogens (tertiary/aromatic N) is 2. The molecule has 0 aromatic heterocycles. The van der Waals surface area contributed by atoms with Gasteiger partial charge in [-0.2, -0.15) is 5.26 Å². The van der Waals surface area contributed by atoms with Gasteiger partial charge in [-0.25, -0.2) is 0 Å². The molecule has 0 fully saturated rings. The van der Waals surface area contributed by atoms with Gasteiger partial charge in [-0.3, -0.25) is 4.99 Å². The van der Waals surface area contributed by atoms with Crippen molar-refractivity contribution in [1.29, 1.82) is 5.26 Å². The summed E-state index contributed by atoms with van der Waals surface area (Å²) in [5.41, 5.74) is 0.360. The zero-order chi connectivity index (χ0) is 8.81. The fraction of sp³-hybridized carbons (Fsp3) is 0.500. The van der Waals surface area contributed by atoms with Gasteiger partial charge in [0.05, 0.1) is 0 Å². The van der Waals surface area contributed by atoms with Crippen molar-refractivity contribution in [3.63, 3.8) is 0 Å². The average molecular weight is 166 g/mol. The summed E-state index contributed by atoms with van der Waals surface area (Å²) in [6.07, 6.45) is 2.68. The van der Waals surface area contributed by atoms with Crippen LogP contribution in [0.1, 0.15) is 6.42 Å². The Morgan fingerprint density at radius 2 is 2.58 bits per heavy atom. The maximum absolute atomic E-state index is 8.62. The molecule has 1 heterocycles. The third kappa shape index (κ3) is 2.07. The molecular weight excluding hydrogens is 156 g/mol. The number of ether oxygens (including phenoxy) is 2. The van der Waals surface area contributed by atoms with Crippen LogP contribution in [-0.2, 0) is 9.47 Å². The molecule has 0 atom stereocenters. The molecule has 0 bridgehead atoms. The van der Waals surface area contributed by atoms with Crippen LogP contribution < -0.4 is 0 Å². The maximum Gasteiger partial charge on any atom is 0.188 e. The van der Waals surface area contributed by atoms with Crippen molar-refractivity contribution in [2.24, 2.45) is 4.99 Å². The Labute approximate surface area is 71.1 Å². The lowest BCUT2D eigenvalue weighted by molar-refractivity contribution is 0.0122. The van der Waals surface area contributed by atoms with Crippen LogP contribution in [0.15, 0.2) is 16.8 Å². The highest BCUT2D eigenvalue weighted by Gasteiger charge is 2.10. The number of nitriles is 1. The number of rotatable bonds is 3. The smallest absolute Gasteiger partial charge is 0.188 e. The Kier molecular flexibility index (Phi) is 3.30. The maximum atomic E-state index is 8.62. The van der Waals surface area contributed by atoms with Gasteiger partial charge < -0.3 is 9.47 Å². The van der Waals surface area contributed by atoms with Crippen molar-refractivity contribution in [3.05, 3.63) is 11.8 Å². The van der Waals surface area contributed by atoms with E-state index in [2.05, 4.69) is 4.99 Å². The fourth-order valence-corrected chi connectivity index (χ4v) is 0.887. The van der Waals surface area contributed by atoms with E-state index in [9.17, 15) is 0 Å². The summed E-state index contributed by atoms with van der Waals surface area (Å²) in [4.78, 5) is 3.99. The van der Waals surface area contributed by atoms with Crippen LogP contribution in [0.25, 0.3) is 0 Å². The molecule has 1 aliphatic heterocycles. The van der Waals surface area contributed by atoms with Crippen LogP contribution in [0.5, 0.6) is 0 Å². The number of hydrogen-bond donors (Lipinski definition) is 0. The van der Waals surface area contributed by atoms with Crippen molar-refractivity contribution < 1.29 is 9.47 Å². The molecule has 0 aromatic carbocycles. The summed E-state index contributed by atoms with van der Waals surface area (Å²) in [6, 6.07) is 1.96. The van der Waals surface area contributed by atoms with Gasteiger partial charge in [0.15, 0.2) is 18.3 Å². The number of aliphatic imine (C=N–C) groups is 1. The van der Waals surface area contributed by atoms with Crippen molar-refractivity contribution in [2.45, 2.75) is 6.42 Å². The molecule has 1 aliphatic rings. The minimum absolute atomic E-state index is 0.159. The van der Waals surface area contributed by atoms with E-state index in [1.165, 1.54) is 7.11 Å². The van der Waals surface area contributed by atoms with Gasteiger partial charge in [-0.1, -0.05) is 0 Å². The van der Waals surface area contributed by atoms with Crippen LogP contribution in [0.4, 0.5) is 0 Å². The summed E-state index contributed by atoms with van der Waals surface area (Å²) >= 11 is 0. The lowest BCUT2D eigenvalue weighted by Gasteiger charge is -2.10. The van der Waals surface area contributed by atoms with E-state index in [0.29, 0.717) is 18.0 Å². The first kappa shape index (κ1) is 8.75. The molecule has 12 heavy (non-hydrogen) atoms. The molecular formula is C8H10N2O2. The van der Waals surface area contributed by atoms with Gasteiger partial charge in [0.2, 0.25) is 0 Å². The normalized spacial score (nSPS) is 16.0. The van der Waals surface area contributed by atoms with Crippen LogP contribution in [0, 0.1) is 11.3 Å². The van der Waals surface area contributed by atoms with Crippen LogP contribution >= 0.6 is 0 Å². The SMILES string of the molecule is COCOC1=CCCN=C1C#N. The molecule has 0 saturated carbocycles. The summed E-state index contributed by atoms with van der Waals surface area (Å²) in [7, 11) is 1.53. The number of allylic oxidation sites excluding steroid dienone is 1. The second-order valence-corrected chi connectivity index (χ2v) is 2.25. The Balaban J connectivity index is 2.56. The minimum atomic E-state index is 0.159. The highest BCUT2D eigenvalue weighted by atomic mass is 16.7. The molecule has 4 nitrogen and oxygen atoms in total. The fourth-order valence-electron chi connectivity index (χ4n) is 0.887. The third-order valence-electron chi connectivity index (χ3n) is 1.40. The lowest BCUT2D eigenvalue weighted by atomic mass is 10.2. The second-order valence-electron chi connectivity index (χ2n) is 2.25. The molecule has 0 N–H and O–H groups in total. The van der Waals surface area contributed by atoms with Gasteiger partial charge in [-0.15, -0.1) is 0 Å². The number of methoxy groups -OCH3 is 1. The summed E-state index contributed by atoms with van der Waals surface area (Å²) in [6.45, 7) is 0.829. The Morgan fingerprint density at radius 1 is 1.75 bits per heavy atom. The van der Waals surface area contributed by atoms with E-state index in [1.807, 2.05) is 12.1 Å². The number of dihydropyridines is 1. The molecule has 4 heteroatoms. The Morgan fingerprint density at radius 3 is 3.25 bits per heavy atom. The van der Waals surface area contributed by atoms with Crippen molar-refractivity contribution in [3.8, 4) is 6.07 Å². The largest absolute Gasteiger partial charge is 0.465 e. The van der Waals surface area contributed by atoms with E-state index in [4.69, 9.17) is 14.7 Å². The monoisotopic (exact) mass is 166 g/mol. The van der Waals surface area contributed by atoms with E-state index in [1.54, 1.807) is 0 Å². The van der Waals surface area contributed by atoms with Gasteiger partial charge in [-0.05, 0) is 12.5 Å². The predicted octanol–water partition coefficient (Wildman–Crippen LogP) is 0.859. The van der Waals surface area contributed by atoms with E-state index in [-0.39, 0.29) is 6.79 Å². The molecule has 0 aliphatic carbocycles. The molecule has 1 rings (SSSR count). The molecule has 64 valence electrons. The first-order valence-electron chi connectivity index (χ1n) is 3.65. The third-order valence-corrected chi connectivity index (χ3v) is 1.40. The Bertz CT molecular complexity index is 250. The van der Waals surface area contributed by atoms with Gasteiger partial charge in [0.1, 0.15) is 6.07 Å². The second kappa shape index (κ2) is 4.52. The Hall–Kier alpha value is -1.34.